The van der Waals surface area contributed by atoms with E-state index in [0.29, 0.717) is 5.02 Å². The fourth-order valence-corrected chi connectivity index (χ4v) is 2.54. The molecule has 21 heavy (non-hydrogen) atoms. The van der Waals surface area contributed by atoms with Gasteiger partial charge in [0.25, 0.3) is 0 Å². The summed E-state index contributed by atoms with van der Waals surface area (Å²) in [4.78, 5) is 0. The molecule has 0 saturated heterocycles. The summed E-state index contributed by atoms with van der Waals surface area (Å²) in [6, 6.07) is 14.5. The number of aryl methyl sites for hydroxylation is 1. The van der Waals surface area contributed by atoms with Crippen LogP contribution in [0.15, 0.2) is 42.5 Å². The standard InChI is InChI=1S/C18H22ClNO/c1-4-5-14-6-8-15(9-7-14)13(2)20-17-12-16(19)10-11-18(17)21-3/h6-13,20H,4-5H2,1-3H3. The molecule has 1 atom stereocenters. The van der Waals surface area contributed by atoms with Gasteiger partial charge in [0, 0.05) is 11.1 Å². The second kappa shape index (κ2) is 7.37. The fourth-order valence-electron chi connectivity index (χ4n) is 2.37. The molecule has 0 fully saturated rings. The topological polar surface area (TPSA) is 21.3 Å². The van der Waals surface area contributed by atoms with Gasteiger partial charge >= 0.3 is 0 Å². The first-order chi connectivity index (χ1) is 10.1. The van der Waals surface area contributed by atoms with E-state index in [2.05, 4.69) is 43.4 Å². The number of rotatable bonds is 6. The Bertz CT molecular complexity index is 580. The van der Waals surface area contributed by atoms with E-state index in [0.717, 1.165) is 17.9 Å². The van der Waals surface area contributed by atoms with E-state index in [4.69, 9.17) is 16.3 Å². The second-order valence-electron chi connectivity index (χ2n) is 5.20. The largest absolute Gasteiger partial charge is 0.495 e. The second-order valence-corrected chi connectivity index (χ2v) is 5.64. The summed E-state index contributed by atoms with van der Waals surface area (Å²) < 4.78 is 5.37. The van der Waals surface area contributed by atoms with Gasteiger partial charge in [0.2, 0.25) is 0 Å². The monoisotopic (exact) mass is 303 g/mol. The first-order valence-electron chi connectivity index (χ1n) is 7.33. The van der Waals surface area contributed by atoms with Gasteiger partial charge in [0.05, 0.1) is 12.8 Å². The van der Waals surface area contributed by atoms with Crippen LogP contribution in [0.2, 0.25) is 5.02 Å². The van der Waals surface area contributed by atoms with Crippen molar-refractivity contribution in [3.05, 3.63) is 58.6 Å². The molecule has 3 heteroatoms. The number of hydrogen-bond donors (Lipinski definition) is 1. The van der Waals surface area contributed by atoms with Crippen molar-refractivity contribution < 1.29 is 4.74 Å². The van der Waals surface area contributed by atoms with Gasteiger partial charge in [0.1, 0.15) is 5.75 Å². The first kappa shape index (κ1) is 15.7. The molecule has 0 bridgehead atoms. The van der Waals surface area contributed by atoms with Crippen LogP contribution in [0, 0.1) is 0 Å². The number of benzene rings is 2. The van der Waals surface area contributed by atoms with Crippen LogP contribution in [0.5, 0.6) is 5.75 Å². The molecule has 1 N–H and O–H groups in total. The van der Waals surface area contributed by atoms with Gasteiger partial charge < -0.3 is 10.1 Å². The average Bonchev–Trinajstić information content (AvgIpc) is 2.48. The Labute approximate surface area is 132 Å². The number of nitrogens with one attached hydrogen (secondary N) is 1. The highest BCUT2D eigenvalue weighted by molar-refractivity contribution is 6.30. The minimum Gasteiger partial charge on any atom is -0.495 e. The van der Waals surface area contributed by atoms with Crippen LogP contribution >= 0.6 is 11.6 Å². The Kier molecular flexibility index (Phi) is 5.51. The van der Waals surface area contributed by atoms with Crippen LogP contribution in [0.25, 0.3) is 0 Å². The lowest BCUT2D eigenvalue weighted by molar-refractivity contribution is 0.416. The molecule has 0 aliphatic rings. The Hall–Kier alpha value is -1.67. The molecule has 1 unspecified atom stereocenters. The molecule has 0 aliphatic heterocycles. The van der Waals surface area contributed by atoms with Crippen molar-refractivity contribution in [2.24, 2.45) is 0 Å². The number of ether oxygens (including phenoxy) is 1. The molecule has 0 heterocycles. The lowest BCUT2D eigenvalue weighted by Gasteiger charge is -2.18. The lowest BCUT2D eigenvalue weighted by Crippen LogP contribution is -2.07. The van der Waals surface area contributed by atoms with Gasteiger partial charge in [-0.05, 0) is 42.7 Å². The first-order valence-corrected chi connectivity index (χ1v) is 7.70. The maximum atomic E-state index is 6.06. The highest BCUT2D eigenvalue weighted by Crippen LogP contribution is 2.31. The molecular formula is C18H22ClNO. The predicted molar refractivity (Wildman–Crippen MR) is 90.5 cm³/mol. The molecule has 0 amide bonds. The summed E-state index contributed by atoms with van der Waals surface area (Å²) in [6.45, 7) is 4.33. The smallest absolute Gasteiger partial charge is 0.142 e. The van der Waals surface area contributed by atoms with Crippen LogP contribution in [0.1, 0.15) is 37.4 Å². The van der Waals surface area contributed by atoms with E-state index in [9.17, 15) is 0 Å². The van der Waals surface area contributed by atoms with Gasteiger partial charge in [-0.1, -0.05) is 49.2 Å². The summed E-state index contributed by atoms with van der Waals surface area (Å²) in [5.41, 5.74) is 3.54. The number of hydrogen-bond acceptors (Lipinski definition) is 2. The Morgan fingerprint density at radius 3 is 2.48 bits per heavy atom. The van der Waals surface area contributed by atoms with Crippen LogP contribution in [0.4, 0.5) is 5.69 Å². The number of halogens is 1. The molecule has 0 aliphatic carbocycles. The lowest BCUT2D eigenvalue weighted by atomic mass is 10.0. The van der Waals surface area contributed by atoms with E-state index >= 15 is 0 Å². The van der Waals surface area contributed by atoms with Crippen molar-refractivity contribution in [1.29, 1.82) is 0 Å². The fraction of sp³-hybridized carbons (Fsp3) is 0.333. The van der Waals surface area contributed by atoms with E-state index < -0.39 is 0 Å². The number of anilines is 1. The quantitative estimate of drug-likeness (QED) is 0.763. The summed E-state index contributed by atoms with van der Waals surface area (Å²) in [5.74, 6) is 0.800. The maximum absolute atomic E-state index is 6.06. The van der Waals surface area contributed by atoms with E-state index in [1.165, 1.54) is 17.5 Å². The summed E-state index contributed by atoms with van der Waals surface area (Å²) in [6.07, 6.45) is 2.30. The molecule has 2 aromatic carbocycles. The molecule has 0 spiro atoms. The summed E-state index contributed by atoms with van der Waals surface area (Å²) in [7, 11) is 1.67. The molecule has 112 valence electrons. The zero-order chi connectivity index (χ0) is 15.2. The zero-order valence-electron chi connectivity index (χ0n) is 12.8. The van der Waals surface area contributed by atoms with Gasteiger partial charge in [-0.2, -0.15) is 0 Å². The highest BCUT2D eigenvalue weighted by atomic mass is 35.5. The zero-order valence-corrected chi connectivity index (χ0v) is 13.6. The third kappa shape index (κ3) is 4.15. The van der Waals surface area contributed by atoms with Crippen molar-refractivity contribution >= 4 is 17.3 Å². The molecule has 2 aromatic rings. The van der Waals surface area contributed by atoms with E-state index in [1.807, 2.05) is 18.2 Å². The van der Waals surface area contributed by atoms with Crippen LogP contribution in [-0.2, 0) is 6.42 Å². The number of methoxy groups -OCH3 is 1. The van der Waals surface area contributed by atoms with Crippen molar-refractivity contribution in [2.45, 2.75) is 32.7 Å². The third-order valence-corrected chi connectivity index (χ3v) is 3.79. The van der Waals surface area contributed by atoms with Gasteiger partial charge in [-0.3, -0.25) is 0 Å². The SMILES string of the molecule is CCCc1ccc(C(C)Nc2cc(Cl)ccc2OC)cc1. The van der Waals surface area contributed by atoms with Gasteiger partial charge in [0.15, 0.2) is 0 Å². The predicted octanol–water partition coefficient (Wildman–Crippen LogP) is 5.47. The van der Waals surface area contributed by atoms with Gasteiger partial charge in [-0.15, -0.1) is 0 Å². The Morgan fingerprint density at radius 1 is 1.14 bits per heavy atom. The summed E-state index contributed by atoms with van der Waals surface area (Å²) in [5, 5.41) is 4.16. The molecule has 2 nitrogen and oxygen atoms in total. The molecular weight excluding hydrogens is 282 g/mol. The van der Waals surface area contributed by atoms with E-state index in [1.54, 1.807) is 7.11 Å². The molecule has 2 rings (SSSR count). The van der Waals surface area contributed by atoms with E-state index in [-0.39, 0.29) is 6.04 Å². The Morgan fingerprint density at radius 2 is 1.86 bits per heavy atom. The minimum atomic E-state index is 0.188. The minimum absolute atomic E-state index is 0.188. The molecule has 0 aromatic heterocycles. The van der Waals surface area contributed by atoms with Crippen molar-refractivity contribution in [2.75, 3.05) is 12.4 Å². The van der Waals surface area contributed by atoms with Crippen LogP contribution in [-0.4, -0.2) is 7.11 Å². The summed E-state index contributed by atoms with van der Waals surface area (Å²) >= 11 is 6.06. The van der Waals surface area contributed by atoms with Crippen molar-refractivity contribution in [3.8, 4) is 5.75 Å². The van der Waals surface area contributed by atoms with Crippen molar-refractivity contribution in [1.82, 2.24) is 0 Å². The Balaban J connectivity index is 2.13. The van der Waals surface area contributed by atoms with Crippen molar-refractivity contribution in [3.63, 3.8) is 0 Å². The normalized spacial score (nSPS) is 12.0. The highest BCUT2D eigenvalue weighted by Gasteiger charge is 2.09. The van der Waals surface area contributed by atoms with Crippen LogP contribution in [0.3, 0.4) is 0 Å². The average molecular weight is 304 g/mol. The van der Waals surface area contributed by atoms with Gasteiger partial charge in [-0.25, -0.2) is 0 Å². The molecule has 0 saturated carbocycles. The molecule has 0 radical (unpaired) electrons. The maximum Gasteiger partial charge on any atom is 0.142 e. The third-order valence-electron chi connectivity index (χ3n) is 3.55. The van der Waals surface area contributed by atoms with Crippen LogP contribution < -0.4 is 10.1 Å².